The summed E-state index contributed by atoms with van der Waals surface area (Å²) < 4.78 is 20.8. The van der Waals surface area contributed by atoms with Gasteiger partial charge in [-0.3, -0.25) is 24.6 Å². The van der Waals surface area contributed by atoms with Gasteiger partial charge in [0.15, 0.2) is 0 Å². The van der Waals surface area contributed by atoms with Gasteiger partial charge in [-0.2, -0.15) is 0 Å². The SMILES string of the molecule is CC(C)Oc1cc2c(cc1N)CN(C1CCC(N(C)C3CN(c4ccc(C5CCC(=O)NC5=O)c(F)c4)C3)CC1)C2=O. The zero-order valence-corrected chi connectivity index (χ0v) is 24.6. The van der Waals surface area contributed by atoms with Crippen molar-refractivity contribution in [3.05, 3.63) is 52.8 Å². The predicted octanol–water partition coefficient (Wildman–Crippen LogP) is 3.80. The highest BCUT2D eigenvalue weighted by Crippen LogP contribution is 2.38. The van der Waals surface area contributed by atoms with Crippen LogP contribution in [0.25, 0.3) is 0 Å². The summed E-state index contributed by atoms with van der Waals surface area (Å²) in [6.07, 6.45) is 4.52. The Balaban J connectivity index is 1.00. The number of imide groups is 1. The number of likely N-dealkylation sites (N-methyl/N-ethyl adjacent to an activating group) is 1. The van der Waals surface area contributed by atoms with Crippen molar-refractivity contribution >= 4 is 29.1 Å². The maximum absolute atomic E-state index is 15.0. The van der Waals surface area contributed by atoms with Crippen molar-refractivity contribution in [2.24, 2.45) is 0 Å². The second kappa shape index (κ2) is 11.2. The van der Waals surface area contributed by atoms with Crippen molar-refractivity contribution in [2.45, 2.75) is 89.1 Å². The summed E-state index contributed by atoms with van der Waals surface area (Å²) >= 11 is 0. The molecule has 0 radical (unpaired) electrons. The zero-order valence-electron chi connectivity index (χ0n) is 24.6. The molecule has 0 bridgehead atoms. The molecule has 1 unspecified atom stereocenters. The minimum absolute atomic E-state index is 0.0142. The van der Waals surface area contributed by atoms with Gasteiger partial charge in [-0.15, -0.1) is 0 Å². The lowest BCUT2D eigenvalue weighted by Gasteiger charge is -2.49. The Labute approximate surface area is 246 Å². The fourth-order valence-corrected chi connectivity index (χ4v) is 7.02. The normalized spacial score (nSPS) is 24.7. The van der Waals surface area contributed by atoms with Gasteiger partial charge in [-0.1, -0.05) is 6.07 Å². The minimum Gasteiger partial charge on any atom is -0.489 e. The number of ether oxygens (including phenoxy) is 1. The second-order valence-electron chi connectivity index (χ2n) is 12.5. The van der Waals surface area contributed by atoms with Crippen LogP contribution in [0.15, 0.2) is 30.3 Å². The average molecular weight is 578 g/mol. The largest absolute Gasteiger partial charge is 0.489 e. The lowest BCUT2D eigenvalue weighted by Crippen LogP contribution is -2.61. The van der Waals surface area contributed by atoms with E-state index in [1.54, 1.807) is 6.07 Å². The van der Waals surface area contributed by atoms with E-state index < -0.39 is 17.6 Å². The van der Waals surface area contributed by atoms with Crippen LogP contribution in [-0.2, 0) is 16.1 Å². The van der Waals surface area contributed by atoms with E-state index in [-0.39, 0.29) is 30.4 Å². The molecule has 3 fully saturated rings. The van der Waals surface area contributed by atoms with Gasteiger partial charge in [0.2, 0.25) is 11.8 Å². The molecule has 0 aromatic heterocycles. The number of fused-ring (bicyclic) bond motifs is 1. The highest BCUT2D eigenvalue weighted by Gasteiger charge is 2.39. The summed E-state index contributed by atoms with van der Waals surface area (Å²) in [6, 6.07) is 9.81. The van der Waals surface area contributed by atoms with Crippen LogP contribution in [0.3, 0.4) is 0 Å². The monoisotopic (exact) mass is 577 g/mol. The number of nitrogens with one attached hydrogen (secondary N) is 1. The molecular formula is C32H40FN5O4. The number of amides is 3. The maximum Gasteiger partial charge on any atom is 0.254 e. The van der Waals surface area contributed by atoms with E-state index in [2.05, 4.69) is 22.2 Å². The van der Waals surface area contributed by atoms with Gasteiger partial charge in [0.1, 0.15) is 11.6 Å². The fraction of sp³-hybridized carbons (Fsp3) is 0.531. The number of carbonyl (C=O) groups excluding carboxylic acids is 3. The average Bonchev–Trinajstić information content (AvgIpc) is 3.23. The summed E-state index contributed by atoms with van der Waals surface area (Å²) in [5.41, 5.74) is 9.62. The van der Waals surface area contributed by atoms with Gasteiger partial charge in [0.25, 0.3) is 5.91 Å². The maximum atomic E-state index is 15.0. The van der Waals surface area contributed by atoms with Crippen molar-refractivity contribution in [2.75, 3.05) is 30.8 Å². The Morgan fingerprint density at radius 2 is 1.76 bits per heavy atom. The van der Waals surface area contributed by atoms with Crippen molar-refractivity contribution in [1.82, 2.24) is 15.1 Å². The van der Waals surface area contributed by atoms with E-state index in [9.17, 15) is 18.8 Å². The Kier molecular flexibility index (Phi) is 7.59. The first-order valence-corrected chi connectivity index (χ1v) is 15.1. The van der Waals surface area contributed by atoms with Crippen molar-refractivity contribution in [3.8, 4) is 5.75 Å². The van der Waals surface area contributed by atoms with Crippen molar-refractivity contribution in [1.29, 1.82) is 0 Å². The molecule has 2 saturated heterocycles. The number of benzene rings is 2. The van der Waals surface area contributed by atoms with Gasteiger partial charge < -0.3 is 20.3 Å². The van der Waals surface area contributed by atoms with Gasteiger partial charge in [0.05, 0.1) is 17.7 Å². The van der Waals surface area contributed by atoms with E-state index in [4.69, 9.17) is 10.5 Å². The summed E-state index contributed by atoms with van der Waals surface area (Å²) in [4.78, 5) is 43.6. The molecule has 4 aliphatic rings. The van der Waals surface area contributed by atoms with Crippen LogP contribution >= 0.6 is 0 Å². The number of nitrogens with zero attached hydrogens (tertiary/aromatic N) is 3. The smallest absolute Gasteiger partial charge is 0.254 e. The number of hydrogen-bond donors (Lipinski definition) is 2. The third kappa shape index (κ3) is 5.32. The van der Waals surface area contributed by atoms with E-state index >= 15 is 0 Å². The topological polar surface area (TPSA) is 108 Å². The van der Waals surface area contributed by atoms with Crippen LogP contribution < -0.4 is 20.7 Å². The van der Waals surface area contributed by atoms with Crippen LogP contribution in [0.5, 0.6) is 5.75 Å². The molecule has 10 heteroatoms. The number of anilines is 2. The van der Waals surface area contributed by atoms with E-state index in [0.29, 0.717) is 47.6 Å². The summed E-state index contributed by atoms with van der Waals surface area (Å²) in [7, 11) is 2.18. The second-order valence-corrected chi connectivity index (χ2v) is 12.5. The van der Waals surface area contributed by atoms with E-state index in [1.165, 1.54) is 6.07 Å². The number of rotatable bonds is 7. The quantitative estimate of drug-likeness (QED) is 0.381. The Morgan fingerprint density at radius 3 is 2.43 bits per heavy atom. The Hall–Kier alpha value is -3.66. The van der Waals surface area contributed by atoms with Gasteiger partial charge >= 0.3 is 0 Å². The van der Waals surface area contributed by atoms with Crippen LogP contribution in [0.4, 0.5) is 15.8 Å². The molecule has 1 atom stereocenters. The molecule has 3 N–H and O–H groups in total. The lowest BCUT2D eigenvalue weighted by atomic mass is 9.88. The van der Waals surface area contributed by atoms with Crippen molar-refractivity contribution in [3.63, 3.8) is 0 Å². The molecule has 9 nitrogen and oxygen atoms in total. The van der Waals surface area contributed by atoms with Crippen LogP contribution in [-0.4, -0.2) is 71.9 Å². The van der Waals surface area contributed by atoms with Crippen LogP contribution in [0.1, 0.15) is 79.8 Å². The Bertz CT molecular complexity index is 1400. The molecule has 224 valence electrons. The molecule has 6 rings (SSSR count). The molecule has 0 spiro atoms. The minimum atomic E-state index is -0.623. The number of nitrogen functional groups attached to an aromatic ring is 1. The number of carbonyl (C=O) groups is 3. The van der Waals surface area contributed by atoms with Crippen LogP contribution in [0.2, 0.25) is 0 Å². The van der Waals surface area contributed by atoms with Gasteiger partial charge in [-0.25, -0.2) is 4.39 Å². The highest BCUT2D eigenvalue weighted by molar-refractivity contribution is 6.01. The predicted molar refractivity (Wildman–Crippen MR) is 158 cm³/mol. The molecule has 3 amide bonds. The van der Waals surface area contributed by atoms with Gasteiger partial charge in [-0.05, 0) is 82.8 Å². The fourth-order valence-electron chi connectivity index (χ4n) is 7.02. The zero-order chi connectivity index (χ0) is 29.7. The first-order valence-electron chi connectivity index (χ1n) is 15.1. The highest BCUT2D eigenvalue weighted by atomic mass is 19.1. The first kappa shape index (κ1) is 28.5. The summed E-state index contributed by atoms with van der Waals surface area (Å²) in [5.74, 6) is -1.10. The molecule has 1 aliphatic carbocycles. The third-order valence-electron chi connectivity index (χ3n) is 9.52. The van der Waals surface area contributed by atoms with Crippen LogP contribution in [0, 0.1) is 5.82 Å². The Morgan fingerprint density at radius 1 is 1.02 bits per heavy atom. The van der Waals surface area contributed by atoms with E-state index in [1.807, 2.05) is 36.9 Å². The molecule has 1 saturated carbocycles. The first-order chi connectivity index (χ1) is 20.1. The molecule has 2 aromatic carbocycles. The molecule has 42 heavy (non-hydrogen) atoms. The molecule has 3 heterocycles. The number of hydrogen-bond acceptors (Lipinski definition) is 7. The molecule has 2 aromatic rings. The number of nitrogens with two attached hydrogens (primary N) is 1. The third-order valence-corrected chi connectivity index (χ3v) is 9.52. The number of halogens is 1. The summed E-state index contributed by atoms with van der Waals surface area (Å²) in [6.45, 7) is 6.12. The molecule has 3 aliphatic heterocycles. The standard InChI is InChI=1S/C32H40FN5O4/c1-18(2)42-29-14-26-19(12-28(29)34)15-38(32(26)41)21-6-4-20(5-7-21)36(3)23-16-37(17-23)22-8-9-24(27(33)13-22)25-10-11-30(39)35-31(25)40/h8-9,12-14,18,20-21,23,25H,4-7,10-11,15-17,34H2,1-3H3,(H,35,39,40). The number of piperidine rings is 1. The van der Waals surface area contributed by atoms with Gasteiger partial charge in [0, 0.05) is 61.0 Å². The van der Waals surface area contributed by atoms with E-state index in [0.717, 1.165) is 50.0 Å². The van der Waals surface area contributed by atoms with Crippen molar-refractivity contribution < 1.29 is 23.5 Å². The molecular weight excluding hydrogens is 537 g/mol. The lowest BCUT2D eigenvalue weighted by molar-refractivity contribution is -0.134. The summed E-state index contributed by atoms with van der Waals surface area (Å²) in [5, 5.41) is 2.31.